The number of ether oxygens (including phenoxy) is 1. The summed E-state index contributed by atoms with van der Waals surface area (Å²) in [6, 6.07) is 4.78. The molecule has 1 saturated heterocycles. The molecule has 1 heterocycles. The van der Waals surface area contributed by atoms with Crippen molar-refractivity contribution in [3.05, 3.63) is 28.8 Å². The van der Waals surface area contributed by atoms with Gasteiger partial charge < -0.3 is 15.2 Å². The maximum absolute atomic E-state index is 11.3. The van der Waals surface area contributed by atoms with Crippen molar-refractivity contribution in [2.24, 2.45) is 5.41 Å². The van der Waals surface area contributed by atoms with Crippen LogP contribution in [0.5, 0.6) is 5.75 Å². The van der Waals surface area contributed by atoms with E-state index in [1.54, 1.807) is 18.2 Å². The van der Waals surface area contributed by atoms with E-state index in [1.165, 1.54) is 0 Å². The molecule has 2 N–H and O–H groups in total. The standard InChI is InChI=1S/C12H14ClNO3.ClH/c1-12(2)6-17-11(16)14-10(12)7-4-3-5-8(13)9(7)15;/h3-5,10,15H,6H2,1-2H3,(H,14,16);1H/t10-;/m1./s1. The topological polar surface area (TPSA) is 58.6 Å². The number of para-hydroxylation sites is 1. The molecule has 1 fully saturated rings. The number of nitrogens with one attached hydrogen (secondary N) is 1. The van der Waals surface area contributed by atoms with Crippen molar-refractivity contribution >= 4 is 30.1 Å². The van der Waals surface area contributed by atoms with Gasteiger partial charge in [-0.05, 0) is 6.07 Å². The third-order valence-electron chi connectivity index (χ3n) is 2.95. The molecule has 1 atom stereocenters. The zero-order valence-corrected chi connectivity index (χ0v) is 11.6. The van der Waals surface area contributed by atoms with Gasteiger partial charge >= 0.3 is 6.09 Å². The Labute approximate surface area is 117 Å². The Kier molecular flexibility index (Phi) is 4.35. The summed E-state index contributed by atoms with van der Waals surface area (Å²) in [6.07, 6.45) is -0.478. The highest BCUT2D eigenvalue weighted by molar-refractivity contribution is 6.32. The van der Waals surface area contributed by atoms with Crippen LogP contribution in [-0.2, 0) is 4.74 Å². The van der Waals surface area contributed by atoms with E-state index in [4.69, 9.17) is 16.3 Å². The van der Waals surface area contributed by atoms with Crippen molar-refractivity contribution in [3.8, 4) is 5.75 Å². The van der Waals surface area contributed by atoms with Crippen LogP contribution in [0.2, 0.25) is 5.02 Å². The Morgan fingerprint density at radius 2 is 2.17 bits per heavy atom. The Morgan fingerprint density at radius 3 is 2.83 bits per heavy atom. The number of halogens is 2. The lowest BCUT2D eigenvalue weighted by Crippen LogP contribution is -2.46. The molecular weight excluding hydrogens is 277 g/mol. The van der Waals surface area contributed by atoms with E-state index >= 15 is 0 Å². The highest BCUT2D eigenvalue weighted by atomic mass is 35.5. The SMILES string of the molecule is CC1(C)COC(=O)N[C@@H]1c1cccc(Cl)c1O.Cl. The van der Waals surface area contributed by atoms with Gasteiger partial charge in [0.05, 0.1) is 11.1 Å². The highest BCUT2D eigenvalue weighted by Gasteiger charge is 2.39. The lowest BCUT2D eigenvalue weighted by Gasteiger charge is -2.38. The van der Waals surface area contributed by atoms with Gasteiger partial charge in [0.15, 0.2) is 0 Å². The van der Waals surface area contributed by atoms with Crippen LogP contribution in [0.3, 0.4) is 0 Å². The number of phenolic OH excluding ortho intramolecular Hbond substituents is 1. The van der Waals surface area contributed by atoms with Gasteiger partial charge in [-0.3, -0.25) is 0 Å². The molecule has 1 aromatic rings. The minimum atomic E-state index is -0.478. The lowest BCUT2D eigenvalue weighted by molar-refractivity contribution is 0.0381. The minimum Gasteiger partial charge on any atom is -0.506 e. The fraction of sp³-hybridized carbons (Fsp3) is 0.417. The molecule has 1 amide bonds. The molecule has 18 heavy (non-hydrogen) atoms. The predicted octanol–water partition coefficient (Wildman–Crippen LogP) is 3.27. The zero-order chi connectivity index (χ0) is 12.6. The molecule has 1 aliphatic heterocycles. The monoisotopic (exact) mass is 291 g/mol. The van der Waals surface area contributed by atoms with Gasteiger partial charge in [0, 0.05) is 11.0 Å². The maximum atomic E-state index is 11.3. The van der Waals surface area contributed by atoms with Gasteiger partial charge in [-0.15, -0.1) is 12.4 Å². The van der Waals surface area contributed by atoms with Gasteiger partial charge in [0.2, 0.25) is 0 Å². The second-order valence-corrected chi connectivity index (χ2v) is 5.23. The predicted molar refractivity (Wildman–Crippen MR) is 71.4 cm³/mol. The first-order chi connectivity index (χ1) is 7.92. The van der Waals surface area contributed by atoms with E-state index in [0.717, 1.165) is 0 Å². The van der Waals surface area contributed by atoms with Gasteiger partial charge in [0.1, 0.15) is 12.4 Å². The maximum Gasteiger partial charge on any atom is 0.407 e. The number of alkyl carbamates (subject to hydrolysis) is 1. The van der Waals surface area contributed by atoms with Crippen molar-refractivity contribution in [2.75, 3.05) is 6.61 Å². The van der Waals surface area contributed by atoms with Crippen LogP contribution in [0, 0.1) is 5.41 Å². The van der Waals surface area contributed by atoms with Crippen LogP contribution in [0.25, 0.3) is 0 Å². The van der Waals surface area contributed by atoms with Crippen LogP contribution in [0.15, 0.2) is 18.2 Å². The molecule has 100 valence electrons. The Balaban J connectivity index is 0.00000162. The Morgan fingerprint density at radius 1 is 1.50 bits per heavy atom. The van der Waals surface area contributed by atoms with E-state index in [0.29, 0.717) is 12.2 Å². The van der Waals surface area contributed by atoms with Gasteiger partial charge in [-0.2, -0.15) is 0 Å². The van der Waals surface area contributed by atoms with Crippen molar-refractivity contribution in [3.63, 3.8) is 0 Å². The van der Waals surface area contributed by atoms with Gasteiger partial charge in [-0.25, -0.2) is 4.79 Å². The Hall–Kier alpha value is -1.13. The summed E-state index contributed by atoms with van der Waals surface area (Å²) in [6.45, 7) is 4.21. The molecule has 4 nitrogen and oxygen atoms in total. The van der Waals surface area contributed by atoms with Crippen LogP contribution in [0.4, 0.5) is 4.79 Å². The summed E-state index contributed by atoms with van der Waals surface area (Å²) < 4.78 is 4.95. The number of rotatable bonds is 1. The summed E-state index contributed by atoms with van der Waals surface area (Å²) >= 11 is 5.87. The number of phenols is 1. The molecule has 0 aromatic heterocycles. The van der Waals surface area contributed by atoms with Crippen molar-refractivity contribution in [1.82, 2.24) is 5.32 Å². The molecule has 1 aliphatic rings. The molecular formula is C12H15Cl2NO3. The van der Waals surface area contributed by atoms with Crippen LogP contribution in [-0.4, -0.2) is 17.8 Å². The number of benzene rings is 1. The van der Waals surface area contributed by atoms with Crippen LogP contribution in [0.1, 0.15) is 25.5 Å². The fourth-order valence-electron chi connectivity index (χ4n) is 1.95. The molecule has 0 aliphatic carbocycles. The van der Waals surface area contributed by atoms with Crippen molar-refractivity contribution in [2.45, 2.75) is 19.9 Å². The van der Waals surface area contributed by atoms with E-state index in [9.17, 15) is 9.90 Å². The molecule has 0 saturated carbocycles. The zero-order valence-electron chi connectivity index (χ0n) is 10.1. The van der Waals surface area contributed by atoms with Crippen molar-refractivity contribution in [1.29, 1.82) is 0 Å². The quantitative estimate of drug-likeness (QED) is 0.835. The van der Waals surface area contributed by atoms with Crippen molar-refractivity contribution < 1.29 is 14.6 Å². The number of aromatic hydroxyl groups is 1. The first-order valence-corrected chi connectivity index (χ1v) is 5.70. The first kappa shape index (κ1) is 14.9. The molecule has 0 unspecified atom stereocenters. The summed E-state index contributed by atoms with van der Waals surface area (Å²) in [5, 5.41) is 12.9. The summed E-state index contributed by atoms with van der Waals surface area (Å²) in [5.41, 5.74) is 0.301. The average molecular weight is 292 g/mol. The number of carbonyl (C=O) groups excluding carboxylic acids is 1. The third kappa shape index (κ3) is 2.65. The van der Waals surface area contributed by atoms with Crippen LogP contribution >= 0.6 is 24.0 Å². The summed E-state index contributed by atoms with van der Waals surface area (Å²) in [5.74, 6) is 0.00874. The lowest BCUT2D eigenvalue weighted by atomic mass is 9.80. The van der Waals surface area contributed by atoms with E-state index < -0.39 is 6.09 Å². The molecule has 0 bridgehead atoms. The molecule has 6 heteroatoms. The number of cyclic esters (lactones) is 1. The molecule has 0 spiro atoms. The smallest absolute Gasteiger partial charge is 0.407 e. The normalized spacial score (nSPS) is 21.5. The highest BCUT2D eigenvalue weighted by Crippen LogP contribution is 2.41. The second-order valence-electron chi connectivity index (χ2n) is 4.82. The largest absolute Gasteiger partial charge is 0.506 e. The number of carbonyl (C=O) groups is 1. The number of hydrogen-bond donors (Lipinski definition) is 2. The number of amides is 1. The van der Waals surface area contributed by atoms with E-state index in [2.05, 4.69) is 5.32 Å². The summed E-state index contributed by atoms with van der Waals surface area (Å²) in [4.78, 5) is 11.3. The first-order valence-electron chi connectivity index (χ1n) is 5.32. The number of hydrogen-bond acceptors (Lipinski definition) is 3. The second kappa shape index (κ2) is 5.24. The van der Waals surface area contributed by atoms with E-state index in [1.807, 2.05) is 13.8 Å². The summed E-state index contributed by atoms with van der Waals surface area (Å²) in [7, 11) is 0. The Bertz CT molecular complexity index is 463. The third-order valence-corrected chi connectivity index (χ3v) is 3.25. The average Bonchev–Trinajstić information content (AvgIpc) is 2.26. The minimum absolute atomic E-state index is 0. The molecule has 1 aromatic carbocycles. The van der Waals surface area contributed by atoms with Gasteiger partial charge in [0.25, 0.3) is 0 Å². The van der Waals surface area contributed by atoms with Gasteiger partial charge in [-0.1, -0.05) is 37.6 Å². The fourth-order valence-corrected chi connectivity index (χ4v) is 2.14. The van der Waals surface area contributed by atoms with E-state index in [-0.39, 0.29) is 34.6 Å². The van der Waals surface area contributed by atoms with Crippen LogP contribution < -0.4 is 5.32 Å². The molecule has 0 radical (unpaired) electrons. The molecule has 2 rings (SSSR count).